The maximum Gasteiger partial charge on any atom is 0.241 e. The van der Waals surface area contributed by atoms with E-state index in [-0.39, 0.29) is 7.43 Å². The summed E-state index contributed by atoms with van der Waals surface area (Å²) in [6, 6.07) is 17.0. The summed E-state index contributed by atoms with van der Waals surface area (Å²) in [6.07, 6.45) is 4.64. The molecular formula is C28H27N7O2S2. The number of nitrogens with one attached hydrogen (secondary N) is 1. The molecule has 5 aromatic rings. The molecule has 3 aromatic heterocycles. The van der Waals surface area contributed by atoms with Crippen LogP contribution in [-0.2, 0) is 9.84 Å². The minimum Gasteiger partial charge on any atom is -0.368 e. The molecule has 9 nitrogen and oxygen atoms in total. The van der Waals surface area contributed by atoms with Crippen molar-refractivity contribution >= 4 is 48.6 Å². The molecule has 2 aromatic carbocycles. The second kappa shape index (κ2) is 10.5. The molecule has 0 spiro atoms. The van der Waals surface area contributed by atoms with Gasteiger partial charge in [-0.15, -0.1) is 0 Å². The lowest BCUT2D eigenvalue weighted by molar-refractivity contribution is 0.601. The third kappa shape index (κ3) is 5.08. The van der Waals surface area contributed by atoms with Gasteiger partial charge < -0.3 is 9.80 Å². The molecule has 0 unspecified atom stereocenters. The van der Waals surface area contributed by atoms with E-state index < -0.39 is 9.84 Å². The number of sulfone groups is 1. The Bertz CT molecular complexity index is 1800. The van der Waals surface area contributed by atoms with Gasteiger partial charge in [0.25, 0.3) is 0 Å². The topological polar surface area (TPSA) is 99.4 Å². The lowest BCUT2D eigenvalue weighted by atomic mass is 10.0. The Morgan fingerprint density at radius 2 is 1.79 bits per heavy atom. The van der Waals surface area contributed by atoms with Crippen LogP contribution in [0.15, 0.2) is 72.0 Å². The number of rotatable bonds is 5. The number of anilines is 2. The number of aromatic nitrogens is 4. The van der Waals surface area contributed by atoms with Crippen LogP contribution in [0.25, 0.3) is 37.4 Å². The maximum absolute atomic E-state index is 12.0. The van der Waals surface area contributed by atoms with Crippen molar-refractivity contribution in [3.63, 3.8) is 0 Å². The van der Waals surface area contributed by atoms with E-state index in [1.165, 1.54) is 17.6 Å². The van der Waals surface area contributed by atoms with Crippen LogP contribution in [0.4, 0.5) is 16.5 Å². The Labute approximate surface area is 231 Å². The first kappa shape index (κ1) is 26.3. The van der Waals surface area contributed by atoms with E-state index >= 15 is 0 Å². The fourth-order valence-corrected chi connectivity index (χ4v) is 6.23. The molecule has 1 fully saturated rings. The molecule has 39 heavy (non-hydrogen) atoms. The van der Waals surface area contributed by atoms with E-state index in [1.54, 1.807) is 30.7 Å². The summed E-state index contributed by atoms with van der Waals surface area (Å²) < 4.78 is 24.0. The molecule has 6 rings (SSSR count). The van der Waals surface area contributed by atoms with Crippen molar-refractivity contribution in [3.8, 4) is 21.7 Å². The minimum absolute atomic E-state index is 0. The number of piperazine rings is 1. The first-order chi connectivity index (χ1) is 18.4. The van der Waals surface area contributed by atoms with E-state index in [4.69, 9.17) is 6.57 Å². The van der Waals surface area contributed by atoms with Gasteiger partial charge in [0.15, 0.2) is 9.84 Å². The van der Waals surface area contributed by atoms with Gasteiger partial charge in [0.2, 0.25) is 5.00 Å². The monoisotopic (exact) mass is 557 g/mol. The van der Waals surface area contributed by atoms with Crippen LogP contribution in [0.1, 0.15) is 7.43 Å². The Morgan fingerprint density at radius 1 is 1.00 bits per heavy atom. The number of hydrogen-bond donors (Lipinski definition) is 1. The largest absolute Gasteiger partial charge is 0.368 e. The Hall–Kier alpha value is -4.27. The van der Waals surface area contributed by atoms with Crippen LogP contribution in [0.5, 0.6) is 0 Å². The van der Waals surface area contributed by atoms with Gasteiger partial charge in [0.05, 0.1) is 28.9 Å². The molecule has 198 valence electrons. The summed E-state index contributed by atoms with van der Waals surface area (Å²) >= 11 is 1.43. The van der Waals surface area contributed by atoms with Gasteiger partial charge in [0, 0.05) is 53.9 Å². The van der Waals surface area contributed by atoms with Crippen molar-refractivity contribution in [1.29, 1.82) is 0 Å². The summed E-state index contributed by atoms with van der Waals surface area (Å²) in [6.45, 7) is 10.2. The Morgan fingerprint density at radius 3 is 2.54 bits per heavy atom. The van der Waals surface area contributed by atoms with E-state index in [0.717, 1.165) is 70.3 Å². The van der Waals surface area contributed by atoms with Gasteiger partial charge in [-0.25, -0.2) is 23.2 Å². The summed E-state index contributed by atoms with van der Waals surface area (Å²) in [7, 11) is -3.26. The molecule has 0 atom stereocenters. The van der Waals surface area contributed by atoms with Crippen molar-refractivity contribution in [3.05, 3.63) is 78.5 Å². The van der Waals surface area contributed by atoms with Gasteiger partial charge >= 0.3 is 0 Å². The van der Waals surface area contributed by atoms with Crippen LogP contribution in [0, 0.1) is 6.57 Å². The van der Waals surface area contributed by atoms with E-state index in [2.05, 4.69) is 40.9 Å². The fraction of sp³-hybridized carbons (Fsp3) is 0.214. The third-order valence-electron chi connectivity index (χ3n) is 6.70. The predicted octanol–water partition coefficient (Wildman–Crippen LogP) is 5.67. The molecule has 1 aliphatic rings. The first-order valence-electron chi connectivity index (χ1n) is 12.0. The van der Waals surface area contributed by atoms with Gasteiger partial charge in [0.1, 0.15) is 12.1 Å². The lowest BCUT2D eigenvalue weighted by Crippen LogP contribution is -2.47. The van der Waals surface area contributed by atoms with Crippen molar-refractivity contribution in [2.45, 2.75) is 12.3 Å². The molecular weight excluding hydrogens is 530 g/mol. The molecule has 0 saturated carbocycles. The highest BCUT2D eigenvalue weighted by Crippen LogP contribution is 2.38. The SMILES string of the molecule is C.[C-]#[N+]c1ccc(-c2[nH]ncc2-c2ccc3ncnc(N4CCN(c5cccc(S(C)(=O)=O)c5)CC4)c3c2)s1. The average Bonchev–Trinajstić information content (AvgIpc) is 3.62. The highest BCUT2D eigenvalue weighted by Gasteiger charge is 2.22. The minimum atomic E-state index is -3.26. The zero-order valence-corrected chi connectivity index (χ0v) is 22.1. The van der Waals surface area contributed by atoms with Gasteiger partial charge in [-0.3, -0.25) is 5.10 Å². The predicted molar refractivity (Wildman–Crippen MR) is 157 cm³/mol. The summed E-state index contributed by atoms with van der Waals surface area (Å²) in [5.41, 5.74) is 4.60. The smallest absolute Gasteiger partial charge is 0.241 e. The standard InChI is InChI=1S/C27H23N7O2S2.CH4/c1-28-25-9-8-24(37-25)26-22(16-31-32-26)18-6-7-23-21(14-18)27(30-17-29-23)34-12-10-33(11-13-34)19-4-3-5-20(15-19)38(2,35)36;/h3-9,14-17H,10-13H2,2H3,(H,31,32);1H4. The summed E-state index contributed by atoms with van der Waals surface area (Å²) in [5.74, 6) is 0.873. The van der Waals surface area contributed by atoms with Gasteiger partial charge in [-0.1, -0.05) is 25.6 Å². The van der Waals surface area contributed by atoms with E-state index in [1.807, 2.05) is 30.3 Å². The number of hydrogen-bond acceptors (Lipinski definition) is 8. The van der Waals surface area contributed by atoms with E-state index in [0.29, 0.717) is 9.90 Å². The third-order valence-corrected chi connectivity index (χ3v) is 8.81. The Kier molecular flexibility index (Phi) is 7.08. The van der Waals surface area contributed by atoms with Crippen molar-refractivity contribution in [2.24, 2.45) is 0 Å². The van der Waals surface area contributed by atoms with Crippen LogP contribution in [0.2, 0.25) is 0 Å². The van der Waals surface area contributed by atoms with Gasteiger partial charge in [-0.05, 0) is 42.0 Å². The quantitative estimate of drug-likeness (QED) is 0.278. The molecule has 0 aliphatic carbocycles. The number of fused-ring (bicyclic) bond motifs is 1. The zero-order valence-electron chi connectivity index (χ0n) is 20.5. The number of nitrogens with zero attached hydrogens (tertiary/aromatic N) is 6. The molecule has 0 radical (unpaired) electrons. The lowest BCUT2D eigenvalue weighted by Gasteiger charge is -2.37. The van der Waals surface area contributed by atoms with Crippen molar-refractivity contribution < 1.29 is 8.42 Å². The number of H-pyrrole nitrogens is 1. The Balaban J connectivity index is 0.00000308. The molecule has 4 heterocycles. The second-order valence-electron chi connectivity index (χ2n) is 9.08. The second-order valence-corrected chi connectivity index (χ2v) is 12.2. The first-order valence-corrected chi connectivity index (χ1v) is 14.7. The van der Waals surface area contributed by atoms with Gasteiger partial charge in [-0.2, -0.15) is 16.4 Å². The normalized spacial score (nSPS) is 13.7. The fourth-order valence-electron chi connectivity index (χ4n) is 4.76. The van der Waals surface area contributed by atoms with E-state index in [9.17, 15) is 8.42 Å². The summed E-state index contributed by atoms with van der Waals surface area (Å²) in [4.78, 5) is 18.4. The molecule has 11 heteroatoms. The number of aromatic amines is 1. The average molecular weight is 558 g/mol. The molecule has 1 aliphatic heterocycles. The highest BCUT2D eigenvalue weighted by molar-refractivity contribution is 7.90. The van der Waals surface area contributed by atoms with Crippen LogP contribution in [-0.4, -0.2) is 61.0 Å². The van der Waals surface area contributed by atoms with Crippen LogP contribution >= 0.6 is 11.3 Å². The van der Waals surface area contributed by atoms with Crippen molar-refractivity contribution in [1.82, 2.24) is 20.2 Å². The highest BCUT2D eigenvalue weighted by atomic mass is 32.2. The van der Waals surface area contributed by atoms with Crippen molar-refractivity contribution in [2.75, 3.05) is 42.2 Å². The molecule has 0 bridgehead atoms. The summed E-state index contributed by atoms with van der Waals surface area (Å²) in [5, 5.41) is 8.96. The van der Waals surface area contributed by atoms with Crippen LogP contribution in [0.3, 0.4) is 0 Å². The number of thiophene rings is 1. The molecule has 0 amide bonds. The van der Waals surface area contributed by atoms with Crippen LogP contribution < -0.4 is 9.80 Å². The maximum atomic E-state index is 12.0. The molecule has 1 N–H and O–H groups in total. The molecule has 1 saturated heterocycles. The zero-order chi connectivity index (χ0) is 26.3. The number of benzene rings is 2.